The molecule has 158 valence electrons. The Bertz CT molecular complexity index is 748. The third kappa shape index (κ3) is 4.89. The molecule has 0 amide bonds. The van der Waals surface area contributed by atoms with Crippen molar-refractivity contribution in [3.8, 4) is 11.1 Å². The van der Waals surface area contributed by atoms with Gasteiger partial charge in [0.15, 0.2) is 0 Å². The Hall–Kier alpha value is -1.72. The molecule has 0 unspecified atom stereocenters. The van der Waals surface area contributed by atoms with Crippen LogP contribution in [0.5, 0.6) is 0 Å². The van der Waals surface area contributed by atoms with Crippen molar-refractivity contribution in [1.29, 1.82) is 0 Å². The van der Waals surface area contributed by atoms with E-state index in [2.05, 4.69) is 50.2 Å². The number of hydrogen-bond acceptors (Lipinski definition) is 4. The quantitative estimate of drug-likeness (QED) is 0.487. The second kappa shape index (κ2) is 10.4. The van der Waals surface area contributed by atoms with Crippen molar-refractivity contribution < 1.29 is 18.9 Å². The lowest BCUT2D eigenvalue weighted by atomic mass is 9.74. The van der Waals surface area contributed by atoms with E-state index in [1.165, 1.54) is 33.4 Å². The highest BCUT2D eigenvalue weighted by molar-refractivity contribution is 5.81. The average Bonchev–Trinajstić information content (AvgIpc) is 2.97. The highest BCUT2D eigenvalue weighted by Crippen LogP contribution is 2.52. The van der Waals surface area contributed by atoms with E-state index in [0.717, 1.165) is 19.4 Å². The highest BCUT2D eigenvalue weighted by Gasteiger charge is 2.43. The first kappa shape index (κ1) is 22.0. The van der Waals surface area contributed by atoms with Gasteiger partial charge in [0.2, 0.25) is 0 Å². The van der Waals surface area contributed by atoms with E-state index < -0.39 is 0 Å². The minimum Gasteiger partial charge on any atom is -0.382 e. The van der Waals surface area contributed by atoms with Gasteiger partial charge < -0.3 is 18.9 Å². The molecule has 0 heterocycles. The summed E-state index contributed by atoms with van der Waals surface area (Å²) in [7, 11) is 3.41. The predicted molar refractivity (Wildman–Crippen MR) is 117 cm³/mol. The minimum atomic E-state index is -0.152. The molecule has 3 rings (SSSR count). The van der Waals surface area contributed by atoms with Crippen LogP contribution < -0.4 is 0 Å². The van der Waals surface area contributed by atoms with Crippen LogP contribution in [-0.2, 0) is 24.4 Å². The summed E-state index contributed by atoms with van der Waals surface area (Å²) in [5.74, 6) is 0. The van der Waals surface area contributed by atoms with E-state index in [4.69, 9.17) is 18.9 Å². The van der Waals surface area contributed by atoms with Crippen LogP contribution in [0.25, 0.3) is 11.1 Å². The number of benzene rings is 2. The predicted octanol–water partition coefficient (Wildman–Crippen LogP) is 4.68. The van der Waals surface area contributed by atoms with Crippen LogP contribution in [0.2, 0.25) is 0 Å². The summed E-state index contributed by atoms with van der Waals surface area (Å²) in [6.45, 7) is 8.20. The summed E-state index contributed by atoms with van der Waals surface area (Å²) in [4.78, 5) is 0. The molecule has 1 aliphatic rings. The average molecular weight is 399 g/mol. The smallest absolute Gasteiger partial charge is 0.0700 e. The van der Waals surface area contributed by atoms with Gasteiger partial charge in [0.05, 0.1) is 33.0 Å². The zero-order valence-corrected chi connectivity index (χ0v) is 18.3. The largest absolute Gasteiger partial charge is 0.382 e. The molecule has 2 aromatic carbocycles. The summed E-state index contributed by atoms with van der Waals surface area (Å²) < 4.78 is 22.2. The lowest BCUT2D eigenvalue weighted by molar-refractivity contribution is 0.0412. The number of methoxy groups -OCH3 is 2. The molecule has 2 aromatic rings. The van der Waals surface area contributed by atoms with E-state index in [9.17, 15) is 0 Å². The summed E-state index contributed by atoms with van der Waals surface area (Å²) in [6, 6.07) is 13.6. The molecule has 4 heteroatoms. The first-order chi connectivity index (χ1) is 14.1. The summed E-state index contributed by atoms with van der Waals surface area (Å²) in [6.07, 6.45) is 1.96. The molecule has 0 aromatic heterocycles. The molecule has 0 bridgehead atoms. The fourth-order valence-electron chi connectivity index (χ4n) is 4.33. The van der Waals surface area contributed by atoms with Crippen LogP contribution >= 0.6 is 0 Å². The van der Waals surface area contributed by atoms with Crippen molar-refractivity contribution >= 4 is 0 Å². The lowest BCUT2D eigenvalue weighted by Gasteiger charge is -2.32. The van der Waals surface area contributed by atoms with E-state index in [1.54, 1.807) is 14.2 Å². The molecule has 0 saturated carbocycles. The van der Waals surface area contributed by atoms with Gasteiger partial charge in [-0.1, -0.05) is 47.5 Å². The topological polar surface area (TPSA) is 36.9 Å². The normalized spacial score (nSPS) is 14.1. The van der Waals surface area contributed by atoms with E-state index in [1.807, 2.05) is 0 Å². The number of fused-ring (bicyclic) bond motifs is 3. The van der Waals surface area contributed by atoms with Gasteiger partial charge >= 0.3 is 0 Å². The Morgan fingerprint density at radius 2 is 1.24 bits per heavy atom. The molecule has 0 atom stereocenters. The number of aryl methyl sites for hydroxylation is 2. The monoisotopic (exact) mass is 398 g/mol. The second-order valence-electron chi connectivity index (χ2n) is 7.93. The SMILES string of the molecule is COCCOCCCC1(COCCOC)c2cc(C)ccc2-c2ccc(C)cc21. The van der Waals surface area contributed by atoms with Crippen molar-refractivity contribution in [3.05, 3.63) is 58.7 Å². The first-order valence-electron chi connectivity index (χ1n) is 10.5. The molecule has 0 fully saturated rings. The number of hydrogen-bond donors (Lipinski definition) is 0. The maximum absolute atomic E-state index is 6.16. The fourth-order valence-corrected chi connectivity index (χ4v) is 4.33. The van der Waals surface area contributed by atoms with Crippen LogP contribution in [0.1, 0.15) is 35.1 Å². The van der Waals surface area contributed by atoms with Gasteiger partial charge in [-0.3, -0.25) is 0 Å². The summed E-state index contributed by atoms with van der Waals surface area (Å²) in [5.41, 5.74) is 7.85. The van der Waals surface area contributed by atoms with E-state index in [0.29, 0.717) is 33.0 Å². The Morgan fingerprint density at radius 1 is 0.690 bits per heavy atom. The van der Waals surface area contributed by atoms with Gasteiger partial charge in [-0.2, -0.15) is 0 Å². The van der Waals surface area contributed by atoms with Crippen LogP contribution in [0, 0.1) is 13.8 Å². The lowest BCUT2D eigenvalue weighted by Crippen LogP contribution is -2.32. The van der Waals surface area contributed by atoms with Gasteiger partial charge in [-0.05, 0) is 48.9 Å². The zero-order chi connectivity index (χ0) is 20.7. The molecule has 4 nitrogen and oxygen atoms in total. The van der Waals surface area contributed by atoms with E-state index in [-0.39, 0.29) is 5.41 Å². The minimum absolute atomic E-state index is 0.152. The van der Waals surface area contributed by atoms with Gasteiger partial charge in [0, 0.05) is 26.2 Å². The maximum Gasteiger partial charge on any atom is 0.0700 e. The third-order valence-electron chi connectivity index (χ3n) is 5.78. The Morgan fingerprint density at radius 3 is 1.79 bits per heavy atom. The van der Waals surface area contributed by atoms with Crippen molar-refractivity contribution in [2.45, 2.75) is 32.1 Å². The Balaban J connectivity index is 1.92. The van der Waals surface area contributed by atoms with Crippen molar-refractivity contribution in [1.82, 2.24) is 0 Å². The van der Waals surface area contributed by atoms with Gasteiger partial charge in [0.25, 0.3) is 0 Å². The second-order valence-corrected chi connectivity index (χ2v) is 7.93. The number of ether oxygens (including phenoxy) is 4. The zero-order valence-electron chi connectivity index (χ0n) is 18.3. The highest BCUT2D eigenvalue weighted by atomic mass is 16.5. The first-order valence-corrected chi connectivity index (χ1v) is 10.5. The molecule has 1 aliphatic carbocycles. The van der Waals surface area contributed by atoms with Crippen LogP contribution in [0.4, 0.5) is 0 Å². The molecule has 29 heavy (non-hydrogen) atoms. The van der Waals surface area contributed by atoms with Gasteiger partial charge in [0.1, 0.15) is 0 Å². The van der Waals surface area contributed by atoms with Crippen molar-refractivity contribution in [2.24, 2.45) is 0 Å². The molecule has 0 radical (unpaired) electrons. The Kier molecular flexibility index (Phi) is 7.84. The third-order valence-corrected chi connectivity index (χ3v) is 5.78. The van der Waals surface area contributed by atoms with Crippen molar-refractivity contribution in [2.75, 3.05) is 53.9 Å². The molecule has 0 spiro atoms. The fraction of sp³-hybridized carbons (Fsp3) is 0.520. The van der Waals surface area contributed by atoms with Gasteiger partial charge in [-0.25, -0.2) is 0 Å². The summed E-state index contributed by atoms with van der Waals surface area (Å²) in [5, 5.41) is 0. The van der Waals surface area contributed by atoms with Crippen LogP contribution in [0.3, 0.4) is 0 Å². The van der Waals surface area contributed by atoms with Gasteiger partial charge in [-0.15, -0.1) is 0 Å². The van der Waals surface area contributed by atoms with Crippen LogP contribution in [0.15, 0.2) is 36.4 Å². The molecular formula is C25H34O4. The molecule has 0 saturated heterocycles. The van der Waals surface area contributed by atoms with E-state index >= 15 is 0 Å². The van der Waals surface area contributed by atoms with Crippen molar-refractivity contribution in [3.63, 3.8) is 0 Å². The van der Waals surface area contributed by atoms with Crippen LogP contribution in [-0.4, -0.2) is 53.9 Å². The molecule has 0 aliphatic heterocycles. The molecular weight excluding hydrogens is 364 g/mol. The Labute approximate surface area is 175 Å². The standard InChI is InChI=1S/C25H34O4/c1-19-6-8-21-22-9-7-20(2)17-24(22)25(23(21)16-19,18-29-15-13-27-4)10-5-11-28-14-12-26-3/h6-9,16-17H,5,10-15,18H2,1-4H3. The maximum atomic E-state index is 6.16. The molecule has 0 N–H and O–H groups in total. The number of rotatable bonds is 12. The summed E-state index contributed by atoms with van der Waals surface area (Å²) >= 11 is 0.